The third kappa shape index (κ3) is 3.09. The molecule has 2 aromatic carbocycles. The molecule has 1 aromatic heterocycles. The van der Waals surface area contributed by atoms with E-state index < -0.39 is 0 Å². The molecule has 0 spiro atoms. The largest absolute Gasteiger partial charge is 0.342 e. The Bertz CT molecular complexity index is 1310. The van der Waals surface area contributed by atoms with Crippen LogP contribution >= 0.6 is 11.8 Å². The Labute approximate surface area is 178 Å². The fourth-order valence-corrected chi connectivity index (χ4v) is 4.67. The molecule has 0 saturated heterocycles. The van der Waals surface area contributed by atoms with Crippen LogP contribution in [0.2, 0.25) is 0 Å². The number of aromatic nitrogens is 1. The molecule has 5 nitrogen and oxygen atoms in total. The van der Waals surface area contributed by atoms with Crippen LogP contribution in [0.5, 0.6) is 0 Å². The SMILES string of the molecule is CC1=CN2C(=N)/C(=C/c3cn(Cc4ccccc4C)c4ccccc34)C(=O)N=C2S1. The van der Waals surface area contributed by atoms with Gasteiger partial charge in [0.2, 0.25) is 0 Å². The number of hydrogen-bond acceptors (Lipinski definition) is 3. The van der Waals surface area contributed by atoms with Crippen molar-refractivity contribution in [3.8, 4) is 0 Å². The molecule has 3 aromatic rings. The molecule has 6 heteroatoms. The van der Waals surface area contributed by atoms with Crippen LogP contribution in [-0.4, -0.2) is 26.4 Å². The standard InChI is InChI=1S/C24H20N4OS/c1-15-7-3-4-8-17(15)13-27-14-18(19-9-5-6-10-21(19)27)11-20-22(25)28-12-16(2)30-24(28)26-23(20)29/h3-12,14,25H,13H2,1-2H3/b20-11-,25-22?. The number of carbonyl (C=O) groups excluding carboxylic acids is 1. The number of para-hydroxylation sites is 1. The Morgan fingerprint density at radius 2 is 1.87 bits per heavy atom. The number of fused-ring (bicyclic) bond motifs is 2. The zero-order valence-corrected chi connectivity index (χ0v) is 17.5. The summed E-state index contributed by atoms with van der Waals surface area (Å²) in [6.07, 6.45) is 5.71. The number of hydrogen-bond donors (Lipinski definition) is 1. The number of nitrogens with one attached hydrogen (secondary N) is 1. The van der Waals surface area contributed by atoms with E-state index in [9.17, 15) is 4.79 Å². The van der Waals surface area contributed by atoms with Gasteiger partial charge in [0.25, 0.3) is 5.91 Å². The topological polar surface area (TPSA) is 61.5 Å². The van der Waals surface area contributed by atoms with Crippen molar-refractivity contribution in [2.24, 2.45) is 4.99 Å². The fourth-order valence-electron chi connectivity index (χ4n) is 3.85. The van der Waals surface area contributed by atoms with Gasteiger partial charge in [0.1, 0.15) is 5.84 Å². The molecule has 0 atom stereocenters. The number of allylic oxidation sites excluding steroid dienone is 1. The Morgan fingerprint density at radius 3 is 2.70 bits per heavy atom. The highest BCUT2D eigenvalue weighted by atomic mass is 32.2. The van der Waals surface area contributed by atoms with Crippen LogP contribution in [0.3, 0.4) is 0 Å². The number of benzene rings is 2. The molecule has 0 radical (unpaired) electrons. The molecule has 2 aliphatic heterocycles. The summed E-state index contributed by atoms with van der Waals surface area (Å²) in [5, 5.41) is 10.2. The van der Waals surface area contributed by atoms with Crippen molar-refractivity contribution in [2.45, 2.75) is 20.4 Å². The van der Waals surface area contributed by atoms with E-state index >= 15 is 0 Å². The first-order chi connectivity index (χ1) is 14.5. The van der Waals surface area contributed by atoms with E-state index in [0.717, 1.165) is 27.9 Å². The van der Waals surface area contributed by atoms with Crippen molar-refractivity contribution in [3.63, 3.8) is 0 Å². The zero-order chi connectivity index (χ0) is 20.8. The molecular weight excluding hydrogens is 392 g/mol. The predicted molar refractivity (Wildman–Crippen MR) is 124 cm³/mol. The minimum absolute atomic E-state index is 0.171. The van der Waals surface area contributed by atoms with E-state index in [1.54, 1.807) is 11.0 Å². The van der Waals surface area contributed by atoms with Crippen LogP contribution < -0.4 is 0 Å². The quantitative estimate of drug-likeness (QED) is 0.604. The maximum Gasteiger partial charge on any atom is 0.283 e. The first-order valence-corrected chi connectivity index (χ1v) is 10.5. The zero-order valence-electron chi connectivity index (χ0n) is 16.7. The number of carbonyl (C=O) groups is 1. The Kier molecular flexibility index (Phi) is 4.44. The molecule has 148 valence electrons. The number of nitrogens with zero attached hydrogens (tertiary/aromatic N) is 3. The molecule has 2 aliphatic rings. The van der Waals surface area contributed by atoms with E-state index in [1.807, 2.05) is 31.3 Å². The van der Waals surface area contributed by atoms with Gasteiger partial charge in [-0.1, -0.05) is 54.2 Å². The second-order valence-corrected chi connectivity index (χ2v) is 8.69. The molecule has 1 N–H and O–H groups in total. The summed E-state index contributed by atoms with van der Waals surface area (Å²) in [5.41, 5.74) is 4.82. The highest BCUT2D eigenvalue weighted by Crippen LogP contribution is 2.33. The van der Waals surface area contributed by atoms with Crippen LogP contribution in [0.15, 0.2) is 76.4 Å². The normalized spacial score (nSPS) is 17.5. The average molecular weight is 413 g/mol. The summed E-state index contributed by atoms with van der Waals surface area (Å²) < 4.78 is 2.20. The average Bonchev–Trinajstić information content (AvgIpc) is 3.27. The number of rotatable bonds is 3. The Hall–Kier alpha value is -3.38. The molecule has 0 aliphatic carbocycles. The monoisotopic (exact) mass is 412 g/mol. The van der Waals surface area contributed by atoms with Crippen molar-refractivity contribution >= 4 is 45.7 Å². The van der Waals surface area contributed by atoms with Crippen molar-refractivity contribution in [2.75, 3.05) is 0 Å². The molecule has 1 amide bonds. The third-order valence-electron chi connectivity index (χ3n) is 5.41. The molecule has 0 unspecified atom stereocenters. The van der Waals surface area contributed by atoms with Gasteiger partial charge >= 0.3 is 0 Å². The number of aliphatic imine (C=N–C) groups is 1. The van der Waals surface area contributed by atoms with E-state index in [-0.39, 0.29) is 11.7 Å². The maximum absolute atomic E-state index is 12.7. The molecule has 5 rings (SSSR count). The predicted octanol–water partition coefficient (Wildman–Crippen LogP) is 5.16. The van der Waals surface area contributed by atoms with Gasteiger partial charge in [0.05, 0.1) is 5.57 Å². The molecule has 0 bridgehead atoms. The summed E-state index contributed by atoms with van der Waals surface area (Å²) in [6.45, 7) is 4.81. The lowest BCUT2D eigenvalue weighted by Gasteiger charge is -2.22. The lowest BCUT2D eigenvalue weighted by atomic mass is 10.1. The summed E-state index contributed by atoms with van der Waals surface area (Å²) in [5.74, 6) is -0.192. The minimum atomic E-state index is -0.363. The van der Waals surface area contributed by atoms with Crippen LogP contribution in [0.4, 0.5) is 0 Å². The first-order valence-electron chi connectivity index (χ1n) is 9.73. The second kappa shape index (κ2) is 7.15. The molecule has 30 heavy (non-hydrogen) atoms. The molecule has 3 heterocycles. The number of amidine groups is 2. The van der Waals surface area contributed by atoms with Gasteiger partial charge in [0, 0.05) is 40.3 Å². The number of aryl methyl sites for hydroxylation is 1. The van der Waals surface area contributed by atoms with Crippen LogP contribution in [0.25, 0.3) is 17.0 Å². The lowest BCUT2D eigenvalue weighted by molar-refractivity contribution is -0.114. The van der Waals surface area contributed by atoms with Crippen molar-refractivity contribution in [1.82, 2.24) is 9.47 Å². The smallest absolute Gasteiger partial charge is 0.283 e. The molecule has 0 fully saturated rings. The molecule has 0 saturated carbocycles. The highest BCUT2D eigenvalue weighted by Gasteiger charge is 2.33. The van der Waals surface area contributed by atoms with E-state index in [0.29, 0.717) is 10.7 Å². The second-order valence-electron chi connectivity index (χ2n) is 7.47. The Morgan fingerprint density at radius 1 is 1.10 bits per heavy atom. The van der Waals surface area contributed by atoms with Crippen molar-refractivity contribution < 1.29 is 4.79 Å². The van der Waals surface area contributed by atoms with Crippen molar-refractivity contribution in [3.05, 3.63) is 88.1 Å². The van der Waals surface area contributed by atoms with E-state index in [4.69, 9.17) is 5.41 Å². The van der Waals surface area contributed by atoms with Crippen LogP contribution in [0, 0.1) is 12.3 Å². The van der Waals surface area contributed by atoms with Gasteiger partial charge in [-0.15, -0.1) is 0 Å². The van der Waals surface area contributed by atoms with Crippen molar-refractivity contribution in [1.29, 1.82) is 5.41 Å². The summed E-state index contributed by atoms with van der Waals surface area (Å²) in [7, 11) is 0. The van der Waals surface area contributed by atoms with E-state index in [1.165, 1.54) is 22.9 Å². The summed E-state index contributed by atoms with van der Waals surface area (Å²) in [4.78, 5) is 19.6. The summed E-state index contributed by atoms with van der Waals surface area (Å²) >= 11 is 1.42. The lowest BCUT2D eigenvalue weighted by Crippen LogP contribution is -2.35. The number of thioether (sulfide) groups is 1. The fraction of sp³-hybridized carbons (Fsp3) is 0.125. The number of amides is 1. The van der Waals surface area contributed by atoms with Gasteiger partial charge in [-0.05, 0) is 37.1 Å². The van der Waals surface area contributed by atoms with Gasteiger partial charge in [-0.25, -0.2) is 0 Å². The van der Waals surface area contributed by atoms with Crippen LogP contribution in [-0.2, 0) is 11.3 Å². The highest BCUT2D eigenvalue weighted by molar-refractivity contribution is 8.17. The van der Waals surface area contributed by atoms with Gasteiger partial charge in [-0.2, -0.15) is 4.99 Å². The van der Waals surface area contributed by atoms with Gasteiger partial charge < -0.3 is 4.57 Å². The summed E-state index contributed by atoms with van der Waals surface area (Å²) in [6, 6.07) is 16.5. The maximum atomic E-state index is 12.7. The minimum Gasteiger partial charge on any atom is -0.342 e. The van der Waals surface area contributed by atoms with E-state index in [2.05, 4.69) is 53.0 Å². The van der Waals surface area contributed by atoms with Crippen LogP contribution in [0.1, 0.15) is 23.6 Å². The first kappa shape index (κ1) is 18.6. The Balaban J connectivity index is 1.60. The third-order valence-corrected chi connectivity index (χ3v) is 6.31. The molecular formula is C24H20N4OS. The van der Waals surface area contributed by atoms with Gasteiger partial charge in [0.15, 0.2) is 5.17 Å². The van der Waals surface area contributed by atoms with Gasteiger partial charge in [-0.3, -0.25) is 15.1 Å².